The number of hydrogen-bond donors (Lipinski definition) is 1. The fraction of sp³-hybridized carbons (Fsp3) is 0.500. The molecule has 0 aliphatic heterocycles. The molecule has 0 saturated carbocycles. The molecule has 1 rings (SSSR count). The molecule has 102 valence electrons. The highest BCUT2D eigenvalue weighted by atomic mass is 19.2. The first kappa shape index (κ1) is 14.8. The summed E-state index contributed by atoms with van der Waals surface area (Å²) in [6.45, 7) is 1.53. The zero-order chi connectivity index (χ0) is 13.7. The topological polar surface area (TPSA) is 29.5 Å². The van der Waals surface area contributed by atoms with Crippen molar-refractivity contribution in [3.05, 3.63) is 29.3 Å². The second-order valence-corrected chi connectivity index (χ2v) is 3.99. The largest absolute Gasteiger partial charge is 0.487 e. The Labute approximate surface area is 102 Å². The Bertz CT molecular complexity index is 381. The molecule has 0 aliphatic rings. The monoisotopic (exact) mass is 266 g/mol. The Morgan fingerprint density at radius 1 is 1.11 bits per heavy atom. The average molecular weight is 266 g/mol. The number of aliphatic hydroxyl groups is 1. The van der Waals surface area contributed by atoms with E-state index in [1.807, 2.05) is 0 Å². The van der Waals surface area contributed by atoms with E-state index in [1.54, 1.807) is 6.92 Å². The Balaban J connectivity index is 2.57. The molecule has 0 bridgehead atoms. The van der Waals surface area contributed by atoms with E-state index >= 15 is 0 Å². The predicted molar refractivity (Wildman–Crippen MR) is 57.3 cm³/mol. The van der Waals surface area contributed by atoms with Gasteiger partial charge >= 0.3 is 0 Å². The van der Waals surface area contributed by atoms with Crippen LogP contribution in [0.25, 0.3) is 0 Å². The summed E-state index contributed by atoms with van der Waals surface area (Å²) < 4.78 is 56.6. The number of halogens is 4. The van der Waals surface area contributed by atoms with E-state index in [2.05, 4.69) is 0 Å². The van der Waals surface area contributed by atoms with Gasteiger partial charge in [-0.1, -0.05) is 0 Å². The minimum Gasteiger partial charge on any atom is -0.487 e. The van der Waals surface area contributed by atoms with E-state index in [0.29, 0.717) is 19.3 Å². The van der Waals surface area contributed by atoms with Crippen LogP contribution >= 0.6 is 0 Å². The Kier molecular flexibility index (Phi) is 5.40. The highest BCUT2D eigenvalue weighted by Crippen LogP contribution is 2.26. The molecular weight excluding hydrogens is 252 g/mol. The molecule has 1 unspecified atom stereocenters. The molecule has 0 saturated heterocycles. The van der Waals surface area contributed by atoms with Gasteiger partial charge in [0.25, 0.3) is 0 Å². The quantitative estimate of drug-likeness (QED) is 0.487. The minimum absolute atomic E-state index is 0.0799. The van der Waals surface area contributed by atoms with Gasteiger partial charge < -0.3 is 9.84 Å². The lowest BCUT2D eigenvalue weighted by molar-refractivity contribution is 0.175. The number of benzene rings is 1. The summed E-state index contributed by atoms with van der Waals surface area (Å²) in [4.78, 5) is 0. The van der Waals surface area contributed by atoms with Gasteiger partial charge in [-0.3, -0.25) is 0 Å². The van der Waals surface area contributed by atoms with E-state index in [-0.39, 0.29) is 12.7 Å². The molecule has 0 fully saturated rings. The van der Waals surface area contributed by atoms with Crippen LogP contribution < -0.4 is 4.74 Å². The first-order valence-corrected chi connectivity index (χ1v) is 5.57. The molecule has 0 spiro atoms. The van der Waals surface area contributed by atoms with E-state index < -0.39 is 35.1 Å². The fourth-order valence-electron chi connectivity index (χ4n) is 1.39. The van der Waals surface area contributed by atoms with Crippen molar-refractivity contribution in [1.29, 1.82) is 0 Å². The van der Waals surface area contributed by atoms with Crippen LogP contribution in [-0.4, -0.2) is 17.8 Å². The van der Waals surface area contributed by atoms with E-state index in [9.17, 15) is 17.6 Å². The normalized spacial score (nSPS) is 12.6. The van der Waals surface area contributed by atoms with Crippen LogP contribution in [-0.2, 0) is 0 Å². The van der Waals surface area contributed by atoms with Gasteiger partial charge in [0.15, 0.2) is 17.4 Å². The number of ether oxygens (including phenoxy) is 1. The third kappa shape index (κ3) is 3.87. The lowest BCUT2D eigenvalue weighted by Gasteiger charge is -2.09. The summed E-state index contributed by atoms with van der Waals surface area (Å²) >= 11 is 0. The number of hydrogen-bond acceptors (Lipinski definition) is 2. The second-order valence-electron chi connectivity index (χ2n) is 3.99. The van der Waals surface area contributed by atoms with Crippen LogP contribution in [0.3, 0.4) is 0 Å². The molecule has 1 atom stereocenters. The Morgan fingerprint density at radius 3 is 2.17 bits per heavy atom. The van der Waals surface area contributed by atoms with E-state index in [1.165, 1.54) is 0 Å². The average Bonchev–Trinajstić information content (AvgIpc) is 2.30. The number of unbranched alkanes of at least 4 members (excludes halogenated alkanes) is 1. The maximum atomic E-state index is 13.1. The van der Waals surface area contributed by atoms with Crippen molar-refractivity contribution in [1.82, 2.24) is 0 Å². The van der Waals surface area contributed by atoms with E-state index in [0.717, 1.165) is 0 Å². The summed E-state index contributed by atoms with van der Waals surface area (Å²) in [5, 5.41) is 8.97. The molecule has 18 heavy (non-hydrogen) atoms. The van der Waals surface area contributed by atoms with Crippen LogP contribution in [0.5, 0.6) is 5.75 Å². The predicted octanol–water partition coefficient (Wildman–Crippen LogP) is 3.17. The lowest BCUT2D eigenvalue weighted by Crippen LogP contribution is -2.06. The first-order chi connectivity index (χ1) is 8.43. The molecule has 0 radical (unpaired) electrons. The van der Waals surface area contributed by atoms with Crippen LogP contribution in [0.2, 0.25) is 0 Å². The molecule has 0 heterocycles. The van der Waals surface area contributed by atoms with Gasteiger partial charge in [-0.2, -0.15) is 8.78 Å². The van der Waals surface area contributed by atoms with Crippen molar-refractivity contribution in [2.75, 3.05) is 6.61 Å². The number of rotatable bonds is 6. The molecule has 1 N–H and O–H groups in total. The van der Waals surface area contributed by atoms with Crippen molar-refractivity contribution in [3.63, 3.8) is 0 Å². The highest BCUT2D eigenvalue weighted by Gasteiger charge is 2.20. The van der Waals surface area contributed by atoms with Crippen molar-refractivity contribution >= 4 is 0 Å². The summed E-state index contributed by atoms with van der Waals surface area (Å²) in [6.07, 6.45) is 1.05. The van der Waals surface area contributed by atoms with Crippen molar-refractivity contribution in [2.45, 2.75) is 32.3 Å². The zero-order valence-electron chi connectivity index (χ0n) is 9.85. The van der Waals surface area contributed by atoms with Crippen LogP contribution in [0, 0.1) is 23.3 Å². The Morgan fingerprint density at radius 2 is 1.67 bits per heavy atom. The molecule has 6 heteroatoms. The molecule has 1 aromatic rings. The molecule has 0 aromatic heterocycles. The van der Waals surface area contributed by atoms with Gasteiger partial charge in [-0.05, 0) is 26.2 Å². The maximum Gasteiger partial charge on any atom is 0.203 e. The van der Waals surface area contributed by atoms with Crippen molar-refractivity contribution < 1.29 is 27.4 Å². The zero-order valence-corrected chi connectivity index (χ0v) is 9.85. The fourth-order valence-corrected chi connectivity index (χ4v) is 1.39. The molecule has 1 aromatic carbocycles. The van der Waals surface area contributed by atoms with Gasteiger partial charge in [0.05, 0.1) is 12.7 Å². The molecule has 0 aliphatic carbocycles. The first-order valence-electron chi connectivity index (χ1n) is 5.57. The highest BCUT2D eigenvalue weighted by molar-refractivity contribution is 5.28. The third-order valence-electron chi connectivity index (χ3n) is 2.33. The van der Waals surface area contributed by atoms with Gasteiger partial charge in [0, 0.05) is 6.07 Å². The number of aliphatic hydroxyl groups excluding tert-OH is 1. The van der Waals surface area contributed by atoms with Crippen LogP contribution in [0.4, 0.5) is 17.6 Å². The molecular formula is C12H14F4O2. The van der Waals surface area contributed by atoms with Crippen LogP contribution in [0.1, 0.15) is 26.2 Å². The van der Waals surface area contributed by atoms with Crippen LogP contribution in [0.15, 0.2) is 6.07 Å². The molecule has 0 amide bonds. The maximum absolute atomic E-state index is 13.1. The lowest BCUT2D eigenvalue weighted by atomic mass is 10.2. The van der Waals surface area contributed by atoms with Crippen molar-refractivity contribution in [2.24, 2.45) is 0 Å². The van der Waals surface area contributed by atoms with Gasteiger partial charge in [0.1, 0.15) is 0 Å². The SMILES string of the molecule is CC(O)CCCCOc1c(F)c(F)cc(F)c1F. The second kappa shape index (κ2) is 6.58. The summed E-state index contributed by atoms with van der Waals surface area (Å²) in [5.74, 6) is -7.10. The van der Waals surface area contributed by atoms with Gasteiger partial charge in [0.2, 0.25) is 11.6 Å². The summed E-state index contributed by atoms with van der Waals surface area (Å²) in [5.41, 5.74) is 0. The van der Waals surface area contributed by atoms with E-state index in [4.69, 9.17) is 9.84 Å². The summed E-state index contributed by atoms with van der Waals surface area (Å²) in [7, 11) is 0. The summed E-state index contributed by atoms with van der Waals surface area (Å²) in [6, 6.07) is 0.130. The minimum atomic E-state index is -1.54. The van der Waals surface area contributed by atoms with Gasteiger partial charge in [-0.15, -0.1) is 0 Å². The van der Waals surface area contributed by atoms with Crippen molar-refractivity contribution in [3.8, 4) is 5.75 Å². The smallest absolute Gasteiger partial charge is 0.203 e. The van der Waals surface area contributed by atoms with Gasteiger partial charge in [-0.25, -0.2) is 8.78 Å². The third-order valence-corrected chi connectivity index (χ3v) is 2.33. The Hall–Kier alpha value is -1.30. The molecule has 2 nitrogen and oxygen atoms in total. The standard InChI is InChI=1S/C12H14F4O2/c1-7(17)4-2-3-5-18-12-10(15)8(13)6-9(14)11(12)16/h6-7,17H,2-5H2,1H3.